The Morgan fingerprint density at radius 1 is 1.28 bits per heavy atom. The number of halogens is 3. The van der Waals surface area contributed by atoms with Crippen molar-refractivity contribution in [2.24, 2.45) is 5.92 Å². The molecule has 1 saturated carbocycles. The monoisotopic (exact) mass is 358 g/mol. The van der Waals surface area contributed by atoms with E-state index >= 15 is 0 Å². The number of nitrogens with zero attached hydrogens (tertiary/aromatic N) is 1. The Labute approximate surface area is 144 Å². The van der Waals surface area contributed by atoms with E-state index in [1.165, 1.54) is 30.1 Å². The zero-order valence-electron chi connectivity index (χ0n) is 13.9. The molecule has 1 aliphatic carbocycles. The first-order chi connectivity index (χ1) is 11.8. The highest BCUT2D eigenvalue weighted by atomic mass is 19.4. The molecule has 1 aromatic carbocycles. The number of hydrogen-bond acceptors (Lipinski definition) is 3. The molecule has 0 unspecified atom stereocenters. The molecule has 0 bridgehead atoms. The van der Waals surface area contributed by atoms with Gasteiger partial charge in [-0.1, -0.05) is 18.2 Å². The number of carbonyl (C=O) groups excluding carboxylic acids is 2. The second-order valence-electron chi connectivity index (χ2n) is 6.07. The number of benzene rings is 1. The molecule has 138 valence electrons. The number of para-hydroxylation sites is 1. The molecule has 0 spiro atoms. The first kappa shape index (κ1) is 19.1. The van der Waals surface area contributed by atoms with Crippen molar-refractivity contribution < 1.29 is 27.5 Å². The van der Waals surface area contributed by atoms with Gasteiger partial charge in [0.25, 0.3) is 0 Å². The van der Waals surface area contributed by atoms with Crippen LogP contribution in [0.4, 0.5) is 13.2 Å². The van der Waals surface area contributed by atoms with Crippen LogP contribution in [0.25, 0.3) is 0 Å². The van der Waals surface area contributed by atoms with Crippen LogP contribution in [0.5, 0.6) is 5.75 Å². The maximum absolute atomic E-state index is 12.4. The molecule has 0 heterocycles. The number of ether oxygens (including phenoxy) is 1. The Bertz CT molecular complexity index is 615. The van der Waals surface area contributed by atoms with Gasteiger partial charge >= 0.3 is 6.36 Å². The third-order valence-corrected chi connectivity index (χ3v) is 3.85. The molecule has 2 amide bonds. The predicted molar refractivity (Wildman–Crippen MR) is 84.6 cm³/mol. The second kappa shape index (κ2) is 8.22. The molecule has 0 atom stereocenters. The van der Waals surface area contributed by atoms with Crippen LogP contribution in [0.3, 0.4) is 0 Å². The van der Waals surface area contributed by atoms with E-state index in [0.717, 1.165) is 12.8 Å². The minimum absolute atomic E-state index is 0.0134. The molecular formula is C17H21F3N2O3. The van der Waals surface area contributed by atoms with Gasteiger partial charge in [0.1, 0.15) is 5.75 Å². The van der Waals surface area contributed by atoms with E-state index in [2.05, 4.69) is 10.1 Å². The minimum Gasteiger partial charge on any atom is -0.405 e. The van der Waals surface area contributed by atoms with Crippen LogP contribution in [0.2, 0.25) is 0 Å². The van der Waals surface area contributed by atoms with E-state index in [4.69, 9.17) is 0 Å². The maximum atomic E-state index is 12.4. The molecule has 8 heteroatoms. The van der Waals surface area contributed by atoms with Gasteiger partial charge in [-0.15, -0.1) is 13.2 Å². The smallest absolute Gasteiger partial charge is 0.405 e. The van der Waals surface area contributed by atoms with Gasteiger partial charge < -0.3 is 15.0 Å². The fourth-order valence-corrected chi connectivity index (χ4v) is 2.33. The van der Waals surface area contributed by atoms with Gasteiger partial charge in [0, 0.05) is 38.0 Å². The quantitative estimate of drug-likeness (QED) is 0.727. The molecule has 0 aromatic heterocycles. The van der Waals surface area contributed by atoms with Gasteiger partial charge in [-0.2, -0.15) is 0 Å². The maximum Gasteiger partial charge on any atom is 0.573 e. The van der Waals surface area contributed by atoms with Crippen LogP contribution in [0.1, 0.15) is 31.2 Å². The van der Waals surface area contributed by atoms with Crippen LogP contribution in [-0.4, -0.2) is 36.7 Å². The summed E-state index contributed by atoms with van der Waals surface area (Å²) in [4.78, 5) is 24.9. The molecule has 25 heavy (non-hydrogen) atoms. The summed E-state index contributed by atoms with van der Waals surface area (Å²) in [5.74, 6) is -0.364. The van der Waals surface area contributed by atoms with E-state index in [-0.39, 0.29) is 42.0 Å². The van der Waals surface area contributed by atoms with Crippen molar-refractivity contribution >= 4 is 11.8 Å². The molecule has 5 nitrogen and oxygen atoms in total. The number of carbonyl (C=O) groups is 2. The first-order valence-corrected chi connectivity index (χ1v) is 8.11. The van der Waals surface area contributed by atoms with Crippen molar-refractivity contribution in [3.05, 3.63) is 29.8 Å². The summed E-state index contributed by atoms with van der Waals surface area (Å²) in [6.45, 7) is 0.433. The van der Waals surface area contributed by atoms with Crippen LogP contribution >= 0.6 is 0 Å². The molecule has 1 fully saturated rings. The van der Waals surface area contributed by atoms with E-state index in [1.54, 1.807) is 6.07 Å². The van der Waals surface area contributed by atoms with E-state index in [9.17, 15) is 22.8 Å². The molecule has 1 N–H and O–H groups in total. The summed E-state index contributed by atoms with van der Waals surface area (Å²) in [5.41, 5.74) is 0.276. The van der Waals surface area contributed by atoms with Gasteiger partial charge in [-0.05, 0) is 25.3 Å². The van der Waals surface area contributed by atoms with Crippen LogP contribution < -0.4 is 10.1 Å². The fraction of sp³-hybridized carbons (Fsp3) is 0.529. The van der Waals surface area contributed by atoms with Crippen molar-refractivity contribution in [2.45, 2.75) is 38.6 Å². The fourth-order valence-electron chi connectivity index (χ4n) is 2.33. The highest BCUT2D eigenvalue weighted by molar-refractivity contribution is 5.81. The topological polar surface area (TPSA) is 58.6 Å². The highest BCUT2D eigenvalue weighted by Crippen LogP contribution is 2.29. The van der Waals surface area contributed by atoms with Crippen molar-refractivity contribution in [2.75, 3.05) is 13.6 Å². The number of alkyl halides is 3. The number of amides is 2. The van der Waals surface area contributed by atoms with Gasteiger partial charge in [-0.3, -0.25) is 9.59 Å². The molecule has 0 aliphatic heterocycles. The summed E-state index contributed by atoms with van der Waals surface area (Å²) >= 11 is 0. The van der Waals surface area contributed by atoms with E-state index < -0.39 is 6.36 Å². The van der Waals surface area contributed by atoms with Crippen molar-refractivity contribution in [3.63, 3.8) is 0 Å². The lowest BCUT2D eigenvalue weighted by Gasteiger charge is -2.20. The van der Waals surface area contributed by atoms with Gasteiger partial charge in [0.05, 0.1) is 0 Å². The van der Waals surface area contributed by atoms with Crippen LogP contribution in [0.15, 0.2) is 24.3 Å². The lowest BCUT2D eigenvalue weighted by Crippen LogP contribution is -2.29. The lowest BCUT2D eigenvalue weighted by atomic mass is 10.2. The summed E-state index contributed by atoms with van der Waals surface area (Å²) in [6, 6.07) is 5.73. The predicted octanol–water partition coefficient (Wildman–Crippen LogP) is 2.85. The van der Waals surface area contributed by atoms with Crippen LogP contribution in [-0.2, 0) is 16.1 Å². The Hall–Kier alpha value is -2.25. The summed E-state index contributed by atoms with van der Waals surface area (Å²) in [7, 11) is 1.52. The summed E-state index contributed by atoms with van der Waals surface area (Å²) in [6.07, 6.45) is -2.23. The second-order valence-corrected chi connectivity index (χ2v) is 6.07. The van der Waals surface area contributed by atoms with Gasteiger partial charge in [0.2, 0.25) is 11.8 Å². The third kappa shape index (κ3) is 6.64. The zero-order chi connectivity index (χ0) is 18.4. The molecular weight excluding hydrogens is 337 g/mol. The zero-order valence-corrected chi connectivity index (χ0v) is 13.9. The summed E-state index contributed by atoms with van der Waals surface area (Å²) in [5, 5.41) is 2.77. The largest absolute Gasteiger partial charge is 0.573 e. The molecule has 1 aromatic rings. The number of hydrogen-bond donors (Lipinski definition) is 1. The molecule has 0 saturated heterocycles. The molecule has 2 rings (SSSR count). The minimum atomic E-state index is -4.78. The number of rotatable bonds is 8. The highest BCUT2D eigenvalue weighted by Gasteiger charge is 2.32. The van der Waals surface area contributed by atoms with Crippen molar-refractivity contribution in [3.8, 4) is 5.75 Å². The lowest BCUT2D eigenvalue weighted by molar-refractivity contribution is -0.275. The standard InChI is InChI=1S/C17H21F3N2O3/c1-22(15(23)7-4-10-21-16(24)12-8-9-12)11-13-5-2-3-6-14(13)25-17(18,19)20/h2-3,5-6,12H,4,7-11H2,1H3,(H,21,24). The normalized spacial score (nSPS) is 14.1. The van der Waals surface area contributed by atoms with E-state index in [0.29, 0.717) is 13.0 Å². The van der Waals surface area contributed by atoms with Gasteiger partial charge in [-0.25, -0.2) is 0 Å². The average molecular weight is 358 g/mol. The molecule has 0 radical (unpaired) electrons. The summed E-state index contributed by atoms with van der Waals surface area (Å²) < 4.78 is 41.2. The van der Waals surface area contributed by atoms with Gasteiger partial charge in [0.15, 0.2) is 0 Å². The van der Waals surface area contributed by atoms with Crippen LogP contribution in [0, 0.1) is 5.92 Å². The Balaban J connectivity index is 1.79. The van der Waals surface area contributed by atoms with E-state index in [1.807, 2.05) is 0 Å². The van der Waals surface area contributed by atoms with Crippen molar-refractivity contribution in [1.82, 2.24) is 10.2 Å². The molecule has 1 aliphatic rings. The number of nitrogens with one attached hydrogen (secondary N) is 1. The first-order valence-electron chi connectivity index (χ1n) is 8.11. The van der Waals surface area contributed by atoms with Crippen molar-refractivity contribution in [1.29, 1.82) is 0 Å². The Morgan fingerprint density at radius 3 is 2.60 bits per heavy atom. The Morgan fingerprint density at radius 2 is 1.96 bits per heavy atom. The Kier molecular flexibility index (Phi) is 6.27. The average Bonchev–Trinajstić information content (AvgIpc) is 3.36. The SMILES string of the molecule is CN(Cc1ccccc1OC(F)(F)F)C(=O)CCCNC(=O)C1CC1. The third-order valence-electron chi connectivity index (χ3n) is 3.85.